The number of methoxy groups -OCH3 is 1. The summed E-state index contributed by atoms with van der Waals surface area (Å²) in [7, 11) is 1.60. The van der Waals surface area contributed by atoms with Gasteiger partial charge in [-0.15, -0.1) is 0 Å². The van der Waals surface area contributed by atoms with Gasteiger partial charge >= 0.3 is 0 Å². The quantitative estimate of drug-likeness (QED) is 0.200. The third kappa shape index (κ3) is 7.71. The number of halogens is 1. The lowest BCUT2D eigenvalue weighted by Gasteiger charge is -2.31. The minimum Gasteiger partial charge on any atom is -0.493 e. The van der Waals surface area contributed by atoms with E-state index in [-0.39, 0.29) is 19.1 Å². The zero-order valence-corrected chi connectivity index (χ0v) is 23.6. The summed E-state index contributed by atoms with van der Waals surface area (Å²) >= 11 is 0. The monoisotopic (exact) mass is 577 g/mol. The van der Waals surface area contributed by atoms with Gasteiger partial charge in [0.1, 0.15) is 24.5 Å². The second-order valence-electron chi connectivity index (χ2n) is 10.4. The van der Waals surface area contributed by atoms with Gasteiger partial charge in [0.05, 0.1) is 31.1 Å². The Morgan fingerprint density at radius 1 is 1.14 bits per heavy atom. The highest BCUT2D eigenvalue weighted by Crippen LogP contribution is 2.35. The van der Waals surface area contributed by atoms with E-state index >= 15 is 0 Å². The number of hydrogen-bond donors (Lipinski definition) is 3. The number of benzene rings is 2. The SMILES string of the molecule is COc1cc2c(Nc3cnn(CC(=O)Nc4cccc(F)c4)c3)ncnc2cc1OCCCN1CCC(CCO)CC1. The van der Waals surface area contributed by atoms with Crippen LogP contribution in [0, 0.1) is 11.7 Å². The average molecular weight is 578 g/mol. The number of carbonyl (C=O) groups excluding carboxylic acids is 1. The molecule has 4 aromatic rings. The first-order valence-corrected chi connectivity index (χ1v) is 14.1. The Labute approximate surface area is 243 Å². The van der Waals surface area contributed by atoms with Crippen LogP contribution in [0.15, 0.2) is 55.1 Å². The molecule has 0 unspecified atom stereocenters. The lowest BCUT2D eigenvalue weighted by atomic mass is 9.94. The van der Waals surface area contributed by atoms with Crippen molar-refractivity contribution in [3.8, 4) is 11.5 Å². The Morgan fingerprint density at radius 3 is 2.79 bits per heavy atom. The molecule has 0 bridgehead atoms. The second kappa shape index (κ2) is 14.1. The van der Waals surface area contributed by atoms with Crippen LogP contribution in [0.2, 0.25) is 0 Å². The lowest BCUT2D eigenvalue weighted by Crippen LogP contribution is -2.35. The Kier molecular flexibility index (Phi) is 9.78. The van der Waals surface area contributed by atoms with Gasteiger partial charge in [-0.25, -0.2) is 14.4 Å². The van der Waals surface area contributed by atoms with Crippen LogP contribution in [-0.4, -0.2) is 75.6 Å². The van der Waals surface area contributed by atoms with E-state index in [1.165, 1.54) is 29.2 Å². The number of amides is 1. The molecular formula is C30H36FN7O4. The molecule has 11 nitrogen and oxygen atoms in total. The van der Waals surface area contributed by atoms with Gasteiger partial charge in [-0.2, -0.15) is 5.10 Å². The van der Waals surface area contributed by atoms with E-state index in [4.69, 9.17) is 14.6 Å². The largest absolute Gasteiger partial charge is 0.493 e. The van der Waals surface area contributed by atoms with Gasteiger partial charge in [0.15, 0.2) is 11.5 Å². The smallest absolute Gasteiger partial charge is 0.246 e. The van der Waals surface area contributed by atoms with Crippen LogP contribution in [0.25, 0.3) is 10.9 Å². The summed E-state index contributed by atoms with van der Waals surface area (Å²) in [5.41, 5.74) is 1.70. The van der Waals surface area contributed by atoms with Crippen molar-refractivity contribution in [3.05, 3.63) is 60.9 Å². The molecule has 0 saturated carbocycles. The number of carbonyl (C=O) groups is 1. The molecular weight excluding hydrogens is 541 g/mol. The van der Waals surface area contributed by atoms with Gasteiger partial charge in [0, 0.05) is 36.5 Å². The fourth-order valence-electron chi connectivity index (χ4n) is 5.15. The predicted molar refractivity (Wildman–Crippen MR) is 158 cm³/mol. The minimum atomic E-state index is -0.423. The van der Waals surface area contributed by atoms with Crippen LogP contribution in [0.5, 0.6) is 11.5 Å². The third-order valence-electron chi connectivity index (χ3n) is 7.35. The molecule has 0 spiro atoms. The fourth-order valence-corrected chi connectivity index (χ4v) is 5.15. The number of aromatic nitrogens is 4. The number of aliphatic hydroxyl groups is 1. The molecule has 222 valence electrons. The first kappa shape index (κ1) is 29.2. The standard InChI is InChI=1S/C30H36FN7O4/c1-41-27-15-25-26(16-28(27)42-13-3-9-37-10-6-21(7-11-37)8-12-39)32-20-33-30(25)36-24-17-34-38(18-24)19-29(40)35-23-5-2-4-22(31)14-23/h2,4-5,14-18,20-21,39H,3,6-13,19H2,1H3,(H,35,40)(H,32,33,36). The third-order valence-corrected chi connectivity index (χ3v) is 7.35. The number of piperidine rings is 1. The zero-order valence-electron chi connectivity index (χ0n) is 23.6. The van der Waals surface area contributed by atoms with Crippen molar-refractivity contribution >= 4 is 34.0 Å². The van der Waals surface area contributed by atoms with Gasteiger partial charge in [0.25, 0.3) is 0 Å². The number of fused-ring (bicyclic) bond motifs is 1. The Hall–Kier alpha value is -4.29. The predicted octanol–water partition coefficient (Wildman–Crippen LogP) is 4.22. The molecule has 1 amide bonds. The maximum Gasteiger partial charge on any atom is 0.246 e. The number of ether oxygens (including phenoxy) is 2. The van der Waals surface area contributed by atoms with Crippen LogP contribution in [0.4, 0.5) is 21.6 Å². The maximum atomic E-state index is 13.4. The number of nitrogens with zero attached hydrogens (tertiary/aromatic N) is 5. The molecule has 3 heterocycles. The summed E-state index contributed by atoms with van der Waals surface area (Å²) in [6.45, 7) is 3.90. The van der Waals surface area contributed by atoms with Gasteiger partial charge in [-0.1, -0.05) is 6.07 Å². The summed E-state index contributed by atoms with van der Waals surface area (Å²) in [5, 5.41) is 20.0. The fraction of sp³-hybridized carbons (Fsp3) is 0.400. The molecule has 1 aliphatic heterocycles. The van der Waals surface area contributed by atoms with Crippen LogP contribution < -0.4 is 20.1 Å². The van der Waals surface area contributed by atoms with Crippen LogP contribution in [0.3, 0.4) is 0 Å². The topological polar surface area (TPSA) is 127 Å². The zero-order chi connectivity index (χ0) is 29.3. The summed E-state index contributed by atoms with van der Waals surface area (Å²) in [4.78, 5) is 23.6. The summed E-state index contributed by atoms with van der Waals surface area (Å²) in [6, 6.07) is 9.41. The van der Waals surface area contributed by atoms with Crippen LogP contribution in [0.1, 0.15) is 25.7 Å². The normalized spacial score (nSPS) is 14.2. The molecule has 3 N–H and O–H groups in total. The molecule has 12 heteroatoms. The average Bonchev–Trinajstić information content (AvgIpc) is 3.42. The Morgan fingerprint density at radius 2 is 2.00 bits per heavy atom. The molecule has 0 atom stereocenters. The molecule has 42 heavy (non-hydrogen) atoms. The van der Waals surface area contributed by atoms with Crippen molar-refractivity contribution in [2.45, 2.75) is 32.2 Å². The van der Waals surface area contributed by atoms with Gasteiger partial charge in [-0.05, 0) is 69.0 Å². The van der Waals surface area contributed by atoms with Crippen LogP contribution in [-0.2, 0) is 11.3 Å². The van der Waals surface area contributed by atoms with E-state index < -0.39 is 5.82 Å². The Bertz CT molecular complexity index is 1490. The van der Waals surface area contributed by atoms with E-state index in [1.54, 1.807) is 25.6 Å². The van der Waals surface area contributed by atoms with Crippen molar-refractivity contribution < 1.29 is 23.8 Å². The maximum absolute atomic E-state index is 13.4. The highest BCUT2D eigenvalue weighted by molar-refractivity contribution is 5.93. The van der Waals surface area contributed by atoms with E-state index in [1.807, 2.05) is 12.1 Å². The first-order chi connectivity index (χ1) is 20.5. The second-order valence-corrected chi connectivity index (χ2v) is 10.4. The van der Waals surface area contributed by atoms with Crippen molar-refractivity contribution in [2.24, 2.45) is 5.92 Å². The molecule has 1 aliphatic rings. The molecule has 1 saturated heterocycles. The van der Waals surface area contributed by atoms with Crippen LogP contribution >= 0.6 is 0 Å². The molecule has 0 aliphatic carbocycles. The van der Waals surface area contributed by atoms with Crippen molar-refractivity contribution in [1.29, 1.82) is 0 Å². The van der Waals surface area contributed by atoms with E-state index in [0.29, 0.717) is 46.7 Å². The lowest BCUT2D eigenvalue weighted by molar-refractivity contribution is -0.116. The van der Waals surface area contributed by atoms with Gasteiger partial charge < -0.3 is 30.1 Å². The molecule has 0 radical (unpaired) electrons. The minimum absolute atomic E-state index is 0.0424. The molecule has 2 aromatic heterocycles. The van der Waals surface area contributed by atoms with Crippen molar-refractivity contribution in [2.75, 3.05) is 50.6 Å². The molecule has 5 rings (SSSR count). The molecule has 1 fully saturated rings. The van der Waals surface area contributed by atoms with Gasteiger partial charge in [0.2, 0.25) is 5.91 Å². The van der Waals surface area contributed by atoms with E-state index in [0.717, 1.165) is 50.7 Å². The first-order valence-electron chi connectivity index (χ1n) is 14.1. The van der Waals surface area contributed by atoms with E-state index in [9.17, 15) is 9.18 Å². The number of anilines is 3. The van der Waals surface area contributed by atoms with Crippen molar-refractivity contribution in [3.63, 3.8) is 0 Å². The summed E-state index contributed by atoms with van der Waals surface area (Å²) in [6.07, 6.45) is 8.83. The summed E-state index contributed by atoms with van der Waals surface area (Å²) in [5.74, 6) is 1.64. The molecule has 2 aromatic carbocycles. The van der Waals surface area contributed by atoms with Gasteiger partial charge in [-0.3, -0.25) is 9.48 Å². The Balaban J connectivity index is 1.17. The van der Waals surface area contributed by atoms with E-state index in [2.05, 4.69) is 30.6 Å². The number of likely N-dealkylation sites (tertiary alicyclic amines) is 1. The number of aliphatic hydroxyl groups excluding tert-OH is 1. The number of rotatable bonds is 13. The summed E-state index contributed by atoms with van der Waals surface area (Å²) < 4.78 is 26.6. The number of nitrogens with one attached hydrogen (secondary N) is 2. The highest BCUT2D eigenvalue weighted by atomic mass is 19.1. The van der Waals surface area contributed by atoms with Crippen molar-refractivity contribution in [1.82, 2.24) is 24.6 Å². The highest BCUT2D eigenvalue weighted by Gasteiger charge is 2.18. The number of hydrogen-bond acceptors (Lipinski definition) is 9.